The van der Waals surface area contributed by atoms with Gasteiger partial charge in [0.25, 0.3) is 0 Å². The third-order valence-corrected chi connectivity index (χ3v) is 6.28. The van der Waals surface area contributed by atoms with Crippen molar-refractivity contribution in [2.75, 3.05) is 28.4 Å². The van der Waals surface area contributed by atoms with Gasteiger partial charge in [0.15, 0.2) is 5.78 Å². The number of rotatable bonds is 6. The molecular formula is C28H34O5. The van der Waals surface area contributed by atoms with Crippen molar-refractivity contribution < 1.29 is 23.7 Å². The molecule has 0 heterocycles. The minimum atomic E-state index is 0.0485. The summed E-state index contributed by atoms with van der Waals surface area (Å²) in [5.74, 6) is 3.16. The number of carbonyl (C=O) groups is 1. The summed E-state index contributed by atoms with van der Waals surface area (Å²) in [6, 6.07) is 11.3. The number of Topliss-reactive ketones (excluding diaryl/α,β-unsaturated/α-hetero) is 1. The van der Waals surface area contributed by atoms with Crippen LogP contribution in [0.4, 0.5) is 0 Å². The summed E-state index contributed by atoms with van der Waals surface area (Å²) in [5.41, 5.74) is 3.33. The summed E-state index contributed by atoms with van der Waals surface area (Å²) in [7, 11) is 6.49. The van der Waals surface area contributed by atoms with Crippen molar-refractivity contribution in [2.24, 2.45) is 11.3 Å². The van der Waals surface area contributed by atoms with Crippen LogP contribution in [0.3, 0.4) is 0 Å². The van der Waals surface area contributed by atoms with Gasteiger partial charge in [-0.15, -0.1) is 0 Å². The molecule has 0 bridgehead atoms. The van der Waals surface area contributed by atoms with Crippen LogP contribution in [-0.4, -0.2) is 34.2 Å². The van der Waals surface area contributed by atoms with Gasteiger partial charge in [0.1, 0.15) is 23.0 Å². The minimum absolute atomic E-state index is 0.0485. The maximum absolute atomic E-state index is 13.6. The quantitative estimate of drug-likeness (QED) is 0.490. The average molecular weight is 451 g/mol. The molecule has 1 aliphatic rings. The third-order valence-electron chi connectivity index (χ3n) is 6.28. The van der Waals surface area contributed by atoms with Gasteiger partial charge in [-0.2, -0.15) is 0 Å². The number of benzene rings is 2. The Balaban J connectivity index is 2.07. The monoisotopic (exact) mass is 450 g/mol. The van der Waals surface area contributed by atoms with E-state index in [0.717, 1.165) is 22.3 Å². The molecule has 1 aliphatic carbocycles. The highest BCUT2D eigenvalue weighted by Gasteiger charge is 2.34. The van der Waals surface area contributed by atoms with Gasteiger partial charge >= 0.3 is 0 Å². The predicted octanol–water partition coefficient (Wildman–Crippen LogP) is 6.21. The molecule has 1 unspecified atom stereocenters. The number of allylic oxidation sites excluding steroid dienone is 2. The average Bonchev–Trinajstić information content (AvgIpc) is 2.81. The van der Waals surface area contributed by atoms with Gasteiger partial charge < -0.3 is 18.9 Å². The van der Waals surface area contributed by atoms with E-state index in [1.807, 2.05) is 48.6 Å². The zero-order valence-corrected chi connectivity index (χ0v) is 20.7. The van der Waals surface area contributed by atoms with Crippen LogP contribution in [0.2, 0.25) is 0 Å². The van der Waals surface area contributed by atoms with Crippen molar-refractivity contribution in [3.05, 3.63) is 58.7 Å². The van der Waals surface area contributed by atoms with Crippen LogP contribution in [0.1, 0.15) is 44.7 Å². The molecule has 5 nitrogen and oxygen atoms in total. The summed E-state index contributed by atoms with van der Waals surface area (Å²) >= 11 is 0. The first-order valence-electron chi connectivity index (χ1n) is 11.1. The van der Waals surface area contributed by atoms with E-state index in [2.05, 4.69) is 20.8 Å². The fourth-order valence-electron chi connectivity index (χ4n) is 4.11. The van der Waals surface area contributed by atoms with Crippen molar-refractivity contribution in [3.63, 3.8) is 0 Å². The summed E-state index contributed by atoms with van der Waals surface area (Å²) < 4.78 is 21.7. The smallest absolute Gasteiger partial charge is 0.185 e. The Labute approximate surface area is 197 Å². The summed E-state index contributed by atoms with van der Waals surface area (Å²) in [6.45, 7) is 6.68. The van der Waals surface area contributed by atoms with E-state index in [0.29, 0.717) is 41.8 Å². The fraction of sp³-hybridized carbons (Fsp3) is 0.393. The van der Waals surface area contributed by atoms with Crippen molar-refractivity contribution in [1.82, 2.24) is 0 Å². The van der Waals surface area contributed by atoms with E-state index in [1.165, 1.54) is 0 Å². The lowest BCUT2D eigenvalue weighted by Crippen LogP contribution is -2.29. The topological polar surface area (TPSA) is 54.0 Å². The zero-order valence-electron chi connectivity index (χ0n) is 20.7. The molecule has 33 heavy (non-hydrogen) atoms. The normalized spacial score (nSPS) is 19.0. The predicted molar refractivity (Wildman–Crippen MR) is 132 cm³/mol. The van der Waals surface area contributed by atoms with Gasteiger partial charge in [-0.05, 0) is 60.6 Å². The van der Waals surface area contributed by atoms with Crippen molar-refractivity contribution in [3.8, 4) is 23.0 Å². The summed E-state index contributed by atoms with van der Waals surface area (Å²) in [5, 5.41) is 0. The Kier molecular flexibility index (Phi) is 7.52. The first kappa shape index (κ1) is 24.4. The lowest BCUT2D eigenvalue weighted by atomic mass is 9.68. The van der Waals surface area contributed by atoms with Gasteiger partial charge in [-0.1, -0.05) is 20.8 Å². The van der Waals surface area contributed by atoms with Crippen molar-refractivity contribution >= 4 is 17.9 Å². The fourth-order valence-corrected chi connectivity index (χ4v) is 4.11. The molecule has 2 aromatic carbocycles. The molecule has 0 aliphatic heterocycles. The van der Waals surface area contributed by atoms with E-state index >= 15 is 0 Å². The molecule has 0 radical (unpaired) electrons. The Hall–Kier alpha value is -3.21. The maximum atomic E-state index is 13.6. The van der Waals surface area contributed by atoms with E-state index in [9.17, 15) is 4.79 Å². The van der Waals surface area contributed by atoms with E-state index in [-0.39, 0.29) is 11.2 Å². The molecular weight excluding hydrogens is 416 g/mol. The molecule has 0 saturated heterocycles. The zero-order chi connectivity index (χ0) is 24.2. The lowest BCUT2D eigenvalue weighted by Gasteiger charge is -2.35. The maximum Gasteiger partial charge on any atom is 0.185 e. The highest BCUT2D eigenvalue weighted by atomic mass is 16.5. The van der Waals surface area contributed by atoms with Gasteiger partial charge in [-0.3, -0.25) is 4.79 Å². The number of carbonyl (C=O) groups excluding carboxylic acids is 1. The highest BCUT2D eigenvalue weighted by Crippen LogP contribution is 2.43. The van der Waals surface area contributed by atoms with Crippen molar-refractivity contribution in [1.29, 1.82) is 0 Å². The number of ketones is 1. The number of hydrogen-bond acceptors (Lipinski definition) is 5. The van der Waals surface area contributed by atoms with Gasteiger partial charge in [-0.25, -0.2) is 0 Å². The van der Waals surface area contributed by atoms with Crippen LogP contribution < -0.4 is 18.9 Å². The molecule has 1 saturated carbocycles. The minimum Gasteiger partial charge on any atom is -0.497 e. The number of hydrogen-bond donors (Lipinski definition) is 0. The molecule has 0 N–H and O–H groups in total. The largest absolute Gasteiger partial charge is 0.497 e. The Bertz CT molecular complexity index is 995. The molecule has 0 spiro atoms. The lowest BCUT2D eigenvalue weighted by molar-refractivity contribution is -0.113. The second kappa shape index (κ2) is 10.2. The van der Waals surface area contributed by atoms with Crippen LogP contribution in [0.15, 0.2) is 47.5 Å². The first-order valence-corrected chi connectivity index (χ1v) is 11.1. The Morgan fingerprint density at radius 2 is 1.15 bits per heavy atom. The van der Waals surface area contributed by atoms with Crippen LogP contribution in [0, 0.1) is 11.3 Å². The molecule has 1 fully saturated rings. The van der Waals surface area contributed by atoms with Crippen LogP contribution >= 0.6 is 0 Å². The SMILES string of the molecule is COc1ccc(/C=C2/CC(C(C)(C)C)C/C(=C\c3ccc(OC)cc3OC)C2=O)c(OC)c1. The Morgan fingerprint density at radius 3 is 1.48 bits per heavy atom. The van der Waals surface area contributed by atoms with Gasteiger partial charge in [0, 0.05) is 34.4 Å². The highest BCUT2D eigenvalue weighted by molar-refractivity contribution is 6.14. The van der Waals surface area contributed by atoms with E-state index in [4.69, 9.17) is 18.9 Å². The number of ether oxygens (including phenoxy) is 4. The van der Waals surface area contributed by atoms with Gasteiger partial charge in [0.05, 0.1) is 28.4 Å². The standard InChI is InChI=1S/C28H34O5/c1-28(2,3)22-14-20(12-18-8-10-23(30-4)16-25(18)32-6)27(29)21(15-22)13-19-9-11-24(31-5)17-26(19)33-7/h8-13,16-17,22H,14-15H2,1-7H3/b20-12-,21-13+. The molecule has 5 heteroatoms. The molecule has 3 rings (SSSR count). The Morgan fingerprint density at radius 1 is 0.727 bits per heavy atom. The number of methoxy groups -OCH3 is 4. The van der Waals surface area contributed by atoms with Crippen molar-refractivity contribution in [2.45, 2.75) is 33.6 Å². The van der Waals surface area contributed by atoms with Crippen LogP contribution in [0.25, 0.3) is 12.2 Å². The molecule has 2 aromatic rings. The van der Waals surface area contributed by atoms with Crippen LogP contribution in [-0.2, 0) is 4.79 Å². The molecule has 0 aromatic heterocycles. The van der Waals surface area contributed by atoms with Crippen LogP contribution in [0.5, 0.6) is 23.0 Å². The molecule has 0 amide bonds. The molecule has 176 valence electrons. The molecule has 1 atom stereocenters. The van der Waals surface area contributed by atoms with Gasteiger partial charge in [0.2, 0.25) is 0 Å². The third kappa shape index (κ3) is 5.59. The second-order valence-electron chi connectivity index (χ2n) is 9.36. The second-order valence-corrected chi connectivity index (χ2v) is 9.36. The summed E-state index contributed by atoms with van der Waals surface area (Å²) in [4.78, 5) is 13.6. The van der Waals surface area contributed by atoms with E-state index in [1.54, 1.807) is 28.4 Å². The van der Waals surface area contributed by atoms with E-state index < -0.39 is 0 Å². The first-order chi connectivity index (χ1) is 15.7. The summed E-state index contributed by atoms with van der Waals surface area (Å²) in [6.07, 6.45) is 5.35.